The minimum absolute atomic E-state index is 0.346. The summed E-state index contributed by atoms with van der Waals surface area (Å²) in [5, 5.41) is 6.49. The van der Waals surface area contributed by atoms with Crippen molar-refractivity contribution in [3.8, 4) is 0 Å². The maximum Gasteiger partial charge on any atom is 0.0493 e. The number of benzene rings is 3. The molecule has 0 unspecified atom stereocenters. The van der Waals surface area contributed by atoms with Gasteiger partial charge in [0.2, 0.25) is 0 Å². The molecule has 0 spiro atoms. The molecule has 3 aromatic carbocycles. The van der Waals surface area contributed by atoms with E-state index in [1.807, 2.05) is 18.2 Å². The molecule has 0 amide bonds. The largest absolute Gasteiger partial charge is 0.340 e. The monoisotopic (exact) mass is 450 g/mol. The van der Waals surface area contributed by atoms with E-state index in [2.05, 4.69) is 78.3 Å². The van der Waals surface area contributed by atoms with Crippen LogP contribution < -0.4 is 5.32 Å². The van der Waals surface area contributed by atoms with E-state index in [4.69, 9.17) is 23.2 Å². The van der Waals surface area contributed by atoms with Gasteiger partial charge >= 0.3 is 0 Å². The zero-order valence-corrected chi connectivity index (χ0v) is 19.5. The van der Waals surface area contributed by atoms with E-state index in [0.717, 1.165) is 31.5 Å². The summed E-state index contributed by atoms with van der Waals surface area (Å²) < 4.78 is 2.36. The molecule has 1 N–H and O–H groups in total. The standard InChI is InChI=1S/C27H28Cl2N2/c1-3-9-26(20-10-5-4-6-11-20)30-17-24-19(2)31(27-13-8-7-12-23(24)27)18-21-14-15-22(28)16-25(21)29/h4-8,10-16,26,30H,3,9,17-18H2,1-2H3/t26-/m1/s1. The van der Waals surface area contributed by atoms with Gasteiger partial charge in [-0.1, -0.05) is 91.1 Å². The van der Waals surface area contributed by atoms with Crippen molar-refractivity contribution in [2.75, 3.05) is 0 Å². The van der Waals surface area contributed by atoms with E-state index in [9.17, 15) is 0 Å². The third-order valence-corrected chi connectivity index (χ3v) is 6.60. The van der Waals surface area contributed by atoms with Gasteiger partial charge in [-0.2, -0.15) is 0 Å². The highest BCUT2D eigenvalue weighted by atomic mass is 35.5. The fraction of sp³-hybridized carbons (Fsp3) is 0.259. The van der Waals surface area contributed by atoms with E-state index >= 15 is 0 Å². The summed E-state index contributed by atoms with van der Waals surface area (Å²) >= 11 is 12.6. The molecule has 0 saturated heterocycles. The molecule has 31 heavy (non-hydrogen) atoms. The number of aromatic nitrogens is 1. The molecular weight excluding hydrogens is 423 g/mol. The first-order valence-electron chi connectivity index (χ1n) is 10.9. The van der Waals surface area contributed by atoms with Gasteiger partial charge in [-0.15, -0.1) is 0 Å². The summed E-state index contributed by atoms with van der Waals surface area (Å²) in [7, 11) is 0. The van der Waals surface area contributed by atoms with E-state index in [1.54, 1.807) is 0 Å². The molecule has 0 bridgehead atoms. The summed E-state index contributed by atoms with van der Waals surface area (Å²) in [6.07, 6.45) is 2.25. The highest BCUT2D eigenvalue weighted by molar-refractivity contribution is 6.35. The SMILES string of the molecule is CCC[C@@H](NCc1c(C)n(Cc2ccc(Cl)cc2Cl)c2ccccc12)c1ccccc1. The molecule has 1 atom stereocenters. The Kier molecular flexibility index (Phi) is 7.02. The van der Waals surface area contributed by atoms with Crippen LogP contribution in [0.3, 0.4) is 0 Å². The fourth-order valence-corrected chi connectivity index (χ4v) is 4.80. The first-order chi connectivity index (χ1) is 15.1. The Morgan fingerprint density at radius 2 is 1.68 bits per heavy atom. The minimum Gasteiger partial charge on any atom is -0.340 e. The molecule has 1 heterocycles. The van der Waals surface area contributed by atoms with Crippen LogP contribution in [-0.2, 0) is 13.1 Å². The molecule has 0 aliphatic rings. The van der Waals surface area contributed by atoms with Gasteiger partial charge in [0.25, 0.3) is 0 Å². The second kappa shape index (κ2) is 9.91. The number of nitrogens with one attached hydrogen (secondary N) is 1. The summed E-state index contributed by atoms with van der Waals surface area (Å²) in [4.78, 5) is 0. The Labute approximate surface area is 194 Å². The summed E-state index contributed by atoms with van der Waals surface area (Å²) in [5.74, 6) is 0. The maximum absolute atomic E-state index is 6.48. The lowest BCUT2D eigenvalue weighted by Crippen LogP contribution is -2.21. The summed E-state index contributed by atoms with van der Waals surface area (Å²) in [5.41, 5.74) is 6.26. The van der Waals surface area contributed by atoms with Gasteiger partial charge in [0.05, 0.1) is 0 Å². The van der Waals surface area contributed by atoms with E-state index in [-0.39, 0.29) is 0 Å². The second-order valence-corrected chi connectivity index (χ2v) is 8.88. The van der Waals surface area contributed by atoms with Crippen LogP contribution in [0.2, 0.25) is 10.0 Å². The van der Waals surface area contributed by atoms with Crippen molar-refractivity contribution < 1.29 is 0 Å². The average Bonchev–Trinajstić information content (AvgIpc) is 3.04. The number of fused-ring (bicyclic) bond motifs is 1. The first kappa shape index (κ1) is 22.0. The van der Waals surface area contributed by atoms with Crippen LogP contribution in [-0.4, -0.2) is 4.57 Å². The zero-order valence-electron chi connectivity index (χ0n) is 18.0. The lowest BCUT2D eigenvalue weighted by atomic mass is 10.0. The maximum atomic E-state index is 6.48. The van der Waals surface area contributed by atoms with Gasteiger partial charge in [-0.3, -0.25) is 0 Å². The van der Waals surface area contributed by atoms with E-state index in [0.29, 0.717) is 16.1 Å². The van der Waals surface area contributed by atoms with Crippen LogP contribution in [0.25, 0.3) is 10.9 Å². The van der Waals surface area contributed by atoms with Crippen LogP contribution in [0.5, 0.6) is 0 Å². The second-order valence-electron chi connectivity index (χ2n) is 8.04. The zero-order chi connectivity index (χ0) is 21.8. The number of rotatable bonds is 8. The summed E-state index contributed by atoms with van der Waals surface area (Å²) in [6, 6.07) is 25.4. The number of nitrogens with zero attached hydrogens (tertiary/aromatic N) is 1. The van der Waals surface area contributed by atoms with Crippen LogP contribution >= 0.6 is 23.2 Å². The normalized spacial score (nSPS) is 12.4. The number of hydrogen-bond donors (Lipinski definition) is 1. The first-order valence-corrected chi connectivity index (χ1v) is 11.6. The molecule has 0 radical (unpaired) electrons. The van der Waals surface area contributed by atoms with Gasteiger partial charge in [-0.25, -0.2) is 0 Å². The highest BCUT2D eigenvalue weighted by Gasteiger charge is 2.17. The topological polar surface area (TPSA) is 17.0 Å². The molecule has 1 aromatic heterocycles. The number of para-hydroxylation sites is 1. The third-order valence-electron chi connectivity index (χ3n) is 6.01. The van der Waals surface area contributed by atoms with Crippen LogP contribution in [0.4, 0.5) is 0 Å². The van der Waals surface area contributed by atoms with Gasteiger partial charge in [-0.05, 0) is 48.2 Å². The van der Waals surface area contributed by atoms with Crippen LogP contribution in [0, 0.1) is 6.92 Å². The smallest absolute Gasteiger partial charge is 0.0493 e. The van der Waals surface area contributed by atoms with Crippen molar-refractivity contribution in [3.05, 3.63) is 105 Å². The van der Waals surface area contributed by atoms with Crippen molar-refractivity contribution >= 4 is 34.1 Å². The average molecular weight is 451 g/mol. The van der Waals surface area contributed by atoms with Gasteiger partial charge in [0.1, 0.15) is 0 Å². The molecule has 0 aliphatic heterocycles. The van der Waals surface area contributed by atoms with E-state index in [1.165, 1.54) is 27.7 Å². The lowest BCUT2D eigenvalue weighted by molar-refractivity contribution is 0.493. The minimum atomic E-state index is 0.346. The van der Waals surface area contributed by atoms with Crippen molar-refractivity contribution in [2.24, 2.45) is 0 Å². The Balaban J connectivity index is 1.66. The highest BCUT2D eigenvalue weighted by Crippen LogP contribution is 2.30. The molecule has 0 aliphatic carbocycles. The Hall–Kier alpha value is -2.26. The molecule has 160 valence electrons. The predicted octanol–water partition coefficient (Wildman–Crippen LogP) is 7.94. The lowest BCUT2D eigenvalue weighted by Gasteiger charge is -2.19. The predicted molar refractivity (Wildman–Crippen MR) is 133 cm³/mol. The van der Waals surface area contributed by atoms with Crippen molar-refractivity contribution in [2.45, 2.75) is 45.8 Å². The van der Waals surface area contributed by atoms with Crippen molar-refractivity contribution in [1.29, 1.82) is 0 Å². The summed E-state index contributed by atoms with van der Waals surface area (Å²) in [6.45, 7) is 6.00. The Bertz CT molecular complexity index is 1160. The molecule has 2 nitrogen and oxygen atoms in total. The van der Waals surface area contributed by atoms with Crippen LogP contribution in [0.1, 0.15) is 48.2 Å². The van der Waals surface area contributed by atoms with Gasteiger partial charge in [0.15, 0.2) is 0 Å². The molecule has 0 fully saturated rings. The Morgan fingerprint density at radius 3 is 2.42 bits per heavy atom. The van der Waals surface area contributed by atoms with Crippen LogP contribution in [0.15, 0.2) is 72.8 Å². The van der Waals surface area contributed by atoms with Crippen molar-refractivity contribution in [1.82, 2.24) is 9.88 Å². The number of halogens is 2. The van der Waals surface area contributed by atoms with Gasteiger partial charge < -0.3 is 9.88 Å². The Morgan fingerprint density at radius 1 is 0.935 bits per heavy atom. The third kappa shape index (κ3) is 4.82. The number of hydrogen-bond acceptors (Lipinski definition) is 1. The van der Waals surface area contributed by atoms with E-state index < -0.39 is 0 Å². The molecule has 4 heteroatoms. The van der Waals surface area contributed by atoms with Crippen molar-refractivity contribution in [3.63, 3.8) is 0 Å². The quantitative estimate of drug-likeness (QED) is 0.288. The molecule has 4 aromatic rings. The molecule has 4 rings (SSSR count). The molecular formula is C27H28Cl2N2. The fourth-order valence-electron chi connectivity index (χ4n) is 4.34. The van der Waals surface area contributed by atoms with Gasteiger partial charge in [0, 0.05) is 45.8 Å². The molecule has 0 saturated carbocycles.